The predicted molar refractivity (Wildman–Crippen MR) is 141 cm³/mol. The zero-order valence-corrected chi connectivity index (χ0v) is 20.9. The largest absolute Gasteiger partial charge is 0.396 e. The van der Waals surface area contributed by atoms with Crippen LogP contribution >= 0.6 is 0 Å². The van der Waals surface area contributed by atoms with Crippen molar-refractivity contribution in [1.29, 1.82) is 0 Å². The molecule has 0 bridgehead atoms. The molecule has 5 rings (SSSR count). The molecule has 3 aromatic rings. The first-order valence-electron chi connectivity index (χ1n) is 12.3. The third-order valence-electron chi connectivity index (χ3n) is 6.91. The Balaban J connectivity index is 1.19. The van der Waals surface area contributed by atoms with Crippen molar-refractivity contribution in [3.8, 4) is 0 Å². The molecule has 1 aliphatic heterocycles. The van der Waals surface area contributed by atoms with E-state index in [-0.39, 0.29) is 23.5 Å². The second-order valence-electron chi connectivity index (χ2n) is 9.55. The third kappa shape index (κ3) is 5.49. The van der Waals surface area contributed by atoms with Gasteiger partial charge in [0.25, 0.3) is 0 Å². The van der Waals surface area contributed by atoms with E-state index < -0.39 is 10.0 Å². The van der Waals surface area contributed by atoms with E-state index >= 15 is 0 Å². The second-order valence-corrected chi connectivity index (χ2v) is 11.5. The molecule has 188 valence electrons. The lowest BCUT2D eigenvalue weighted by Gasteiger charge is -2.30. The van der Waals surface area contributed by atoms with Crippen LogP contribution in [0, 0.1) is 5.92 Å². The van der Waals surface area contributed by atoms with E-state index in [0.29, 0.717) is 37.6 Å². The van der Waals surface area contributed by atoms with E-state index in [9.17, 15) is 13.5 Å². The number of rotatable bonds is 7. The minimum atomic E-state index is -3.55. The Kier molecular flexibility index (Phi) is 7.15. The average molecular weight is 506 g/mol. The Morgan fingerprint density at radius 1 is 0.972 bits per heavy atom. The summed E-state index contributed by atoms with van der Waals surface area (Å²) in [5, 5.41) is 12.4. The Morgan fingerprint density at radius 2 is 1.64 bits per heavy atom. The highest BCUT2D eigenvalue weighted by Gasteiger charge is 2.29. The lowest BCUT2D eigenvalue weighted by Crippen LogP contribution is -2.39. The molecule has 1 atom stereocenters. The fourth-order valence-electron chi connectivity index (χ4n) is 4.78. The molecule has 36 heavy (non-hydrogen) atoms. The first kappa shape index (κ1) is 24.6. The zero-order chi connectivity index (χ0) is 25.1. The molecule has 9 heteroatoms. The van der Waals surface area contributed by atoms with Crippen molar-refractivity contribution >= 4 is 33.8 Å². The molecular weight excluding hydrogens is 474 g/mol. The average Bonchev–Trinajstić information content (AvgIpc) is 3.28. The number of nitrogens with zero attached hydrogens (tertiary/aromatic N) is 3. The number of hydrogen-bond donors (Lipinski definition) is 3. The minimum Gasteiger partial charge on any atom is -0.396 e. The lowest BCUT2D eigenvalue weighted by molar-refractivity contribution is 0.170. The van der Waals surface area contributed by atoms with Gasteiger partial charge < -0.3 is 16.2 Å². The topological polar surface area (TPSA) is 121 Å². The maximum Gasteiger partial charge on any atom is 0.243 e. The lowest BCUT2D eigenvalue weighted by atomic mass is 10.00. The van der Waals surface area contributed by atoms with Crippen LogP contribution in [0.15, 0.2) is 59.8 Å². The Labute approximate surface area is 212 Å². The maximum atomic E-state index is 12.9. The molecule has 0 spiro atoms. The van der Waals surface area contributed by atoms with Gasteiger partial charge in [0.2, 0.25) is 16.0 Å². The number of hydrogen-bond acceptors (Lipinski definition) is 7. The van der Waals surface area contributed by atoms with Crippen LogP contribution in [-0.4, -0.2) is 53.5 Å². The summed E-state index contributed by atoms with van der Waals surface area (Å²) in [7, 11) is -3.55. The van der Waals surface area contributed by atoms with Crippen LogP contribution in [0.4, 0.5) is 11.6 Å². The van der Waals surface area contributed by atoms with Crippen molar-refractivity contribution in [3.63, 3.8) is 0 Å². The second kappa shape index (κ2) is 10.5. The predicted octanol–water partition coefficient (Wildman–Crippen LogP) is 3.21. The van der Waals surface area contributed by atoms with Crippen LogP contribution in [-0.2, 0) is 22.9 Å². The van der Waals surface area contributed by atoms with Gasteiger partial charge in [-0.25, -0.2) is 18.4 Å². The van der Waals surface area contributed by atoms with Gasteiger partial charge in [-0.3, -0.25) is 0 Å². The number of fused-ring (bicyclic) bond motifs is 1. The number of aliphatic hydroxyl groups is 1. The van der Waals surface area contributed by atoms with Crippen LogP contribution in [0.3, 0.4) is 0 Å². The number of aromatic nitrogens is 2. The summed E-state index contributed by atoms with van der Waals surface area (Å²) < 4.78 is 27.4. The molecule has 1 unspecified atom stereocenters. The highest BCUT2D eigenvalue weighted by atomic mass is 32.2. The smallest absolute Gasteiger partial charge is 0.243 e. The molecular formula is C27H31N5O3S. The van der Waals surface area contributed by atoms with Crippen LogP contribution in [0.1, 0.15) is 35.1 Å². The first-order chi connectivity index (χ1) is 17.4. The summed E-state index contributed by atoms with van der Waals surface area (Å²) in [6.45, 7) is 0.976. The van der Waals surface area contributed by atoms with Gasteiger partial charge >= 0.3 is 0 Å². The first-order valence-corrected chi connectivity index (χ1v) is 13.7. The SMILES string of the molecule is NC1Cc2ccc(C=Cc3cnc(Nc4ccc(S(=O)(=O)N5CCC(CO)CC5)cc4)nc3)cc2C1. The number of nitrogens with two attached hydrogens (primary N) is 1. The van der Waals surface area contributed by atoms with Gasteiger partial charge in [0.1, 0.15) is 0 Å². The summed E-state index contributed by atoms with van der Waals surface area (Å²) in [6, 6.07) is 13.3. The van der Waals surface area contributed by atoms with Crippen molar-refractivity contribution < 1.29 is 13.5 Å². The Hall–Kier alpha value is -3.11. The van der Waals surface area contributed by atoms with E-state index in [0.717, 1.165) is 24.0 Å². The van der Waals surface area contributed by atoms with Crippen LogP contribution in [0.25, 0.3) is 12.2 Å². The van der Waals surface area contributed by atoms with Gasteiger partial charge in [-0.05, 0) is 72.6 Å². The van der Waals surface area contributed by atoms with Gasteiger partial charge in [0.05, 0.1) is 4.90 Å². The van der Waals surface area contributed by atoms with E-state index in [4.69, 9.17) is 5.73 Å². The zero-order valence-electron chi connectivity index (χ0n) is 20.0. The quantitative estimate of drug-likeness (QED) is 0.451. The molecule has 4 N–H and O–H groups in total. The van der Waals surface area contributed by atoms with Crippen molar-refractivity contribution in [2.24, 2.45) is 11.7 Å². The van der Waals surface area contributed by atoms with Crippen molar-refractivity contribution in [2.45, 2.75) is 36.6 Å². The summed E-state index contributed by atoms with van der Waals surface area (Å²) in [6.07, 6.45) is 10.7. The van der Waals surface area contributed by atoms with Crippen molar-refractivity contribution in [3.05, 3.63) is 77.1 Å². The van der Waals surface area contributed by atoms with Crippen LogP contribution in [0.2, 0.25) is 0 Å². The molecule has 0 amide bonds. The Morgan fingerprint density at radius 3 is 2.33 bits per heavy atom. The molecule has 0 saturated carbocycles. The number of aliphatic hydroxyl groups excluding tert-OH is 1. The number of benzene rings is 2. The van der Waals surface area contributed by atoms with Crippen molar-refractivity contribution in [1.82, 2.24) is 14.3 Å². The molecule has 1 fully saturated rings. The molecule has 2 aromatic carbocycles. The number of anilines is 2. The molecule has 8 nitrogen and oxygen atoms in total. The molecule has 1 aliphatic carbocycles. The van der Waals surface area contributed by atoms with Gasteiger partial charge in [0, 0.05) is 49.4 Å². The van der Waals surface area contributed by atoms with Crippen LogP contribution in [0.5, 0.6) is 0 Å². The standard InChI is InChI=1S/C27H31N5O3S/c28-24-14-22-4-3-19(13-23(22)15-24)1-2-21-16-29-27(30-17-21)31-25-5-7-26(8-6-25)36(34,35)32-11-9-20(18-33)10-12-32/h1-8,13,16-17,20,24,33H,9-12,14-15,18,28H2,(H,29,30,31). The summed E-state index contributed by atoms with van der Waals surface area (Å²) >= 11 is 0. The number of nitrogens with one attached hydrogen (secondary N) is 1. The van der Waals surface area contributed by atoms with E-state index in [1.807, 2.05) is 12.2 Å². The van der Waals surface area contributed by atoms with E-state index in [2.05, 4.69) is 33.5 Å². The summed E-state index contributed by atoms with van der Waals surface area (Å²) in [5.41, 5.74) is 11.4. The molecule has 0 radical (unpaired) electrons. The van der Waals surface area contributed by atoms with Crippen molar-refractivity contribution in [2.75, 3.05) is 25.0 Å². The molecule has 2 aliphatic rings. The molecule has 1 aromatic heterocycles. The minimum absolute atomic E-state index is 0.109. The fourth-order valence-corrected chi connectivity index (χ4v) is 6.25. The normalized spacial score (nSPS) is 19.0. The third-order valence-corrected chi connectivity index (χ3v) is 8.83. The highest BCUT2D eigenvalue weighted by molar-refractivity contribution is 7.89. The van der Waals surface area contributed by atoms with Gasteiger partial charge in [0.15, 0.2) is 0 Å². The number of sulfonamides is 1. The summed E-state index contributed by atoms with van der Waals surface area (Å²) in [5.74, 6) is 0.615. The van der Waals surface area contributed by atoms with Gasteiger partial charge in [-0.2, -0.15) is 4.31 Å². The van der Waals surface area contributed by atoms with Gasteiger partial charge in [-0.15, -0.1) is 0 Å². The molecule has 1 saturated heterocycles. The highest BCUT2D eigenvalue weighted by Crippen LogP contribution is 2.26. The van der Waals surface area contributed by atoms with E-state index in [1.54, 1.807) is 36.7 Å². The number of piperidine rings is 1. The van der Waals surface area contributed by atoms with E-state index in [1.165, 1.54) is 15.4 Å². The molecule has 2 heterocycles. The summed E-state index contributed by atoms with van der Waals surface area (Å²) in [4.78, 5) is 9.01. The van der Waals surface area contributed by atoms with Gasteiger partial charge in [-0.1, -0.05) is 30.4 Å². The Bertz CT molecular complexity index is 1330. The monoisotopic (exact) mass is 505 g/mol. The van der Waals surface area contributed by atoms with Crippen LogP contribution < -0.4 is 11.1 Å². The maximum absolute atomic E-state index is 12.9. The fraction of sp³-hybridized carbons (Fsp3) is 0.333.